The lowest BCUT2D eigenvalue weighted by Crippen LogP contribution is -2.27. The van der Waals surface area contributed by atoms with Gasteiger partial charge in [-0.15, -0.1) is 0 Å². The van der Waals surface area contributed by atoms with E-state index in [0.717, 1.165) is 31.0 Å². The summed E-state index contributed by atoms with van der Waals surface area (Å²) in [4.78, 5) is 4.51. The molecule has 96 valence electrons. The van der Waals surface area contributed by atoms with Crippen molar-refractivity contribution in [3.8, 4) is 0 Å². The van der Waals surface area contributed by atoms with Gasteiger partial charge in [0.2, 0.25) is 0 Å². The summed E-state index contributed by atoms with van der Waals surface area (Å²) in [6.45, 7) is 5.60. The van der Waals surface area contributed by atoms with Crippen LogP contribution < -0.4 is 5.32 Å². The molecule has 5 nitrogen and oxygen atoms in total. The molecule has 1 aromatic heterocycles. The molecule has 1 aromatic rings. The minimum atomic E-state index is -2.96. The Bertz CT molecular complexity index is 519. The van der Waals surface area contributed by atoms with Gasteiger partial charge < -0.3 is 9.88 Å². The Hall–Kier alpha value is -0.880. The largest absolute Gasteiger partial charge is 0.328 e. The average Bonchev–Trinajstić information content (AvgIpc) is 2.50. The predicted molar refractivity (Wildman–Crippen MR) is 66.8 cm³/mol. The fourth-order valence-corrected chi connectivity index (χ4v) is 3.59. The Morgan fingerprint density at radius 3 is 2.88 bits per heavy atom. The van der Waals surface area contributed by atoms with E-state index >= 15 is 0 Å². The number of nitrogens with zero attached hydrogens (tertiary/aromatic N) is 2. The van der Waals surface area contributed by atoms with Gasteiger partial charge in [-0.05, 0) is 13.8 Å². The first-order chi connectivity index (χ1) is 7.88. The van der Waals surface area contributed by atoms with E-state index in [1.54, 1.807) is 0 Å². The molecule has 1 aliphatic rings. The minimum absolute atomic E-state index is 0.0423. The van der Waals surface area contributed by atoms with Crippen LogP contribution in [0.4, 0.5) is 0 Å². The van der Waals surface area contributed by atoms with Gasteiger partial charge in [0.1, 0.15) is 15.7 Å². The number of imidazole rings is 1. The van der Waals surface area contributed by atoms with Crippen molar-refractivity contribution < 1.29 is 8.42 Å². The van der Waals surface area contributed by atoms with E-state index in [1.807, 2.05) is 13.8 Å². The molecule has 2 rings (SSSR count). The lowest BCUT2D eigenvalue weighted by Gasteiger charge is -2.20. The topological polar surface area (TPSA) is 64.0 Å². The molecular formula is C11H19N3O2S. The van der Waals surface area contributed by atoms with E-state index < -0.39 is 9.84 Å². The molecule has 0 bridgehead atoms. The lowest BCUT2D eigenvalue weighted by molar-refractivity contribution is 0.523. The van der Waals surface area contributed by atoms with E-state index in [9.17, 15) is 8.42 Å². The highest BCUT2D eigenvalue weighted by Gasteiger charge is 2.22. The number of sulfone groups is 1. The van der Waals surface area contributed by atoms with Gasteiger partial charge in [-0.3, -0.25) is 0 Å². The van der Waals surface area contributed by atoms with Crippen LogP contribution >= 0.6 is 0 Å². The smallest absolute Gasteiger partial charge is 0.149 e. The molecule has 2 heterocycles. The van der Waals surface area contributed by atoms with Crippen molar-refractivity contribution in [1.82, 2.24) is 14.9 Å². The third-order valence-electron chi connectivity index (χ3n) is 3.09. The maximum absolute atomic E-state index is 11.4. The summed E-state index contributed by atoms with van der Waals surface area (Å²) in [5, 5.41) is 3.27. The lowest BCUT2D eigenvalue weighted by atomic mass is 10.1. The second-order valence-corrected chi connectivity index (χ2v) is 6.98. The summed E-state index contributed by atoms with van der Waals surface area (Å²) in [5.41, 5.74) is 2.26. The van der Waals surface area contributed by atoms with Gasteiger partial charge in [0.05, 0.1) is 11.4 Å². The fraction of sp³-hybridized carbons (Fsp3) is 0.727. The zero-order valence-corrected chi connectivity index (χ0v) is 11.3. The molecule has 1 unspecified atom stereocenters. The Balaban J connectivity index is 2.34. The zero-order chi connectivity index (χ0) is 12.6. The molecule has 17 heavy (non-hydrogen) atoms. The van der Waals surface area contributed by atoms with E-state index in [1.165, 1.54) is 11.9 Å². The van der Waals surface area contributed by atoms with Gasteiger partial charge in [-0.2, -0.15) is 0 Å². The molecule has 1 N–H and O–H groups in total. The van der Waals surface area contributed by atoms with Crippen LogP contribution in [-0.4, -0.2) is 36.5 Å². The molecule has 0 aromatic carbocycles. The Kier molecular flexibility index (Phi) is 3.27. The highest BCUT2D eigenvalue weighted by molar-refractivity contribution is 7.90. The highest BCUT2D eigenvalue weighted by atomic mass is 32.2. The molecular weight excluding hydrogens is 238 g/mol. The summed E-state index contributed by atoms with van der Waals surface area (Å²) in [6, 6.07) is -0.0423. The van der Waals surface area contributed by atoms with E-state index in [-0.39, 0.29) is 11.8 Å². The second kappa shape index (κ2) is 4.42. The molecule has 0 aliphatic carbocycles. The van der Waals surface area contributed by atoms with Crippen molar-refractivity contribution in [3.05, 3.63) is 17.2 Å². The third kappa shape index (κ3) is 2.69. The second-order valence-electron chi connectivity index (χ2n) is 4.79. The van der Waals surface area contributed by atoms with Gasteiger partial charge in [-0.1, -0.05) is 0 Å². The van der Waals surface area contributed by atoms with E-state index in [0.29, 0.717) is 0 Å². The normalized spacial score (nSPS) is 17.8. The van der Waals surface area contributed by atoms with Crippen molar-refractivity contribution in [3.63, 3.8) is 0 Å². The number of aromatic nitrogens is 2. The van der Waals surface area contributed by atoms with Crippen LogP contribution in [0, 0.1) is 6.92 Å². The first-order valence-corrected chi connectivity index (χ1v) is 7.89. The maximum Gasteiger partial charge on any atom is 0.149 e. The number of hydrogen-bond donors (Lipinski definition) is 1. The summed E-state index contributed by atoms with van der Waals surface area (Å²) < 4.78 is 24.8. The summed E-state index contributed by atoms with van der Waals surface area (Å²) in [5.74, 6) is 1.08. The molecule has 1 atom stereocenters. The van der Waals surface area contributed by atoms with Crippen LogP contribution in [0.25, 0.3) is 0 Å². The Morgan fingerprint density at radius 2 is 2.24 bits per heavy atom. The van der Waals surface area contributed by atoms with Crippen molar-refractivity contribution in [2.24, 2.45) is 0 Å². The summed E-state index contributed by atoms with van der Waals surface area (Å²) in [7, 11) is -2.96. The molecule has 0 radical (unpaired) electrons. The zero-order valence-electron chi connectivity index (χ0n) is 10.5. The average molecular weight is 257 g/mol. The molecule has 0 spiro atoms. The van der Waals surface area contributed by atoms with E-state index in [2.05, 4.69) is 14.9 Å². The number of rotatable bonds is 3. The van der Waals surface area contributed by atoms with Crippen molar-refractivity contribution in [2.45, 2.75) is 32.9 Å². The van der Waals surface area contributed by atoms with Gasteiger partial charge in [0.25, 0.3) is 0 Å². The number of aryl methyl sites for hydroxylation is 1. The summed E-state index contributed by atoms with van der Waals surface area (Å²) >= 11 is 0. The van der Waals surface area contributed by atoms with Crippen LogP contribution in [0.5, 0.6) is 0 Å². The van der Waals surface area contributed by atoms with Crippen LogP contribution in [-0.2, 0) is 22.8 Å². The number of nitrogens with one attached hydrogen (secondary N) is 1. The number of fused-ring (bicyclic) bond motifs is 1. The van der Waals surface area contributed by atoms with Crippen LogP contribution in [0.2, 0.25) is 0 Å². The van der Waals surface area contributed by atoms with Crippen LogP contribution in [0.15, 0.2) is 0 Å². The van der Waals surface area contributed by atoms with Gasteiger partial charge in [0.15, 0.2) is 0 Å². The first kappa shape index (κ1) is 12.6. The predicted octanol–water partition coefficient (Wildman–Crippen LogP) is 0.443. The summed E-state index contributed by atoms with van der Waals surface area (Å²) in [6.07, 6.45) is 2.20. The first-order valence-electron chi connectivity index (χ1n) is 5.83. The minimum Gasteiger partial charge on any atom is -0.328 e. The van der Waals surface area contributed by atoms with Gasteiger partial charge in [0, 0.05) is 37.5 Å². The van der Waals surface area contributed by atoms with E-state index in [4.69, 9.17) is 0 Å². The van der Waals surface area contributed by atoms with Gasteiger partial charge >= 0.3 is 0 Å². The molecule has 0 amide bonds. The van der Waals surface area contributed by atoms with Gasteiger partial charge in [-0.25, -0.2) is 13.4 Å². The standard InChI is InChI=1S/C11H19N3O2S/c1-8(7-17(3,15)16)14-9(2)13-10-6-12-5-4-11(10)14/h8,12H,4-7H2,1-3H3. The Morgan fingerprint density at radius 1 is 1.53 bits per heavy atom. The molecule has 1 aliphatic heterocycles. The molecule has 0 saturated carbocycles. The number of hydrogen-bond acceptors (Lipinski definition) is 4. The van der Waals surface area contributed by atoms with Crippen LogP contribution in [0.3, 0.4) is 0 Å². The highest BCUT2D eigenvalue weighted by Crippen LogP contribution is 2.21. The molecule has 0 saturated heterocycles. The molecule has 0 fully saturated rings. The monoisotopic (exact) mass is 257 g/mol. The van der Waals surface area contributed by atoms with Crippen molar-refractivity contribution in [1.29, 1.82) is 0 Å². The third-order valence-corrected chi connectivity index (χ3v) is 4.17. The SMILES string of the molecule is Cc1nc2c(n1C(C)CS(C)(=O)=O)CCNC2. The fourth-order valence-electron chi connectivity index (χ4n) is 2.57. The Labute approximate surface area is 102 Å². The van der Waals surface area contributed by atoms with Crippen molar-refractivity contribution in [2.75, 3.05) is 18.6 Å². The van der Waals surface area contributed by atoms with Crippen LogP contribution in [0.1, 0.15) is 30.2 Å². The molecule has 6 heteroatoms. The van der Waals surface area contributed by atoms with Crippen molar-refractivity contribution >= 4 is 9.84 Å². The maximum atomic E-state index is 11.4. The quantitative estimate of drug-likeness (QED) is 0.853.